The molecule has 0 saturated carbocycles. The predicted octanol–water partition coefficient (Wildman–Crippen LogP) is 4.14. The van der Waals surface area contributed by atoms with Gasteiger partial charge in [0, 0.05) is 19.1 Å². The Labute approximate surface area is 195 Å². The van der Waals surface area contributed by atoms with Crippen molar-refractivity contribution in [3.63, 3.8) is 0 Å². The fourth-order valence-electron chi connectivity index (χ4n) is 4.15. The van der Waals surface area contributed by atoms with Crippen LogP contribution in [-0.4, -0.2) is 46.4 Å². The average Bonchev–Trinajstić information content (AvgIpc) is 3.38. The normalized spacial score (nSPS) is 17.6. The van der Waals surface area contributed by atoms with E-state index in [1.54, 1.807) is 16.2 Å². The number of aryl methyl sites for hydroxylation is 1. The Balaban J connectivity index is 1.63. The number of carbonyl (C=O) groups is 2. The van der Waals surface area contributed by atoms with Crippen LogP contribution in [0.4, 0.5) is 0 Å². The second-order valence-electron chi connectivity index (χ2n) is 9.99. The second kappa shape index (κ2) is 10.1. The summed E-state index contributed by atoms with van der Waals surface area (Å²) in [7, 11) is 0. The predicted molar refractivity (Wildman–Crippen MR) is 130 cm³/mol. The highest BCUT2D eigenvalue weighted by molar-refractivity contribution is 7.13. The maximum Gasteiger partial charge on any atom is 0.243 e. The molecule has 0 spiro atoms. The molecule has 0 bridgehead atoms. The molecule has 32 heavy (non-hydrogen) atoms. The Kier molecular flexibility index (Phi) is 7.72. The summed E-state index contributed by atoms with van der Waals surface area (Å²) in [6.45, 7) is 13.4. The summed E-state index contributed by atoms with van der Waals surface area (Å²) in [5.74, 6) is -0.0523. The quantitative estimate of drug-likeness (QED) is 0.657. The lowest BCUT2D eigenvalue weighted by Gasteiger charge is -2.36. The minimum absolute atomic E-state index is 0.0214. The molecule has 1 saturated heterocycles. The maximum atomic E-state index is 13.4. The molecule has 7 heteroatoms. The Morgan fingerprint density at radius 3 is 2.47 bits per heavy atom. The van der Waals surface area contributed by atoms with Gasteiger partial charge in [-0.05, 0) is 36.3 Å². The van der Waals surface area contributed by atoms with Gasteiger partial charge in [-0.3, -0.25) is 9.59 Å². The molecule has 2 atom stereocenters. The van der Waals surface area contributed by atoms with E-state index in [1.807, 2.05) is 38.4 Å². The third kappa shape index (κ3) is 5.75. The third-order valence-electron chi connectivity index (χ3n) is 5.88. The molecule has 2 heterocycles. The van der Waals surface area contributed by atoms with Crippen LogP contribution in [0.15, 0.2) is 29.8 Å². The Bertz CT molecular complexity index is 930. The van der Waals surface area contributed by atoms with Crippen LogP contribution in [0.1, 0.15) is 58.7 Å². The van der Waals surface area contributed by atoms with Gasteiger partial charge in [0.25, 0.3) is 0 Å². The number of hydrogen-bond donors (Lipinski definition) is 2. The number of aromatic nitrogens is 1. The Morgan fingerprint density at radius 2 is 1.91 bits per heavy atom. The van der Waals surface area contributed by atoms with Crippen molar-refractivity contribution in [2.24, 2.45) is 5.41 Å². The largest absolute Gasteiger partial charge is 0.350 e. The molecule has 0 aliphatic carbocycles. The molecule has 2 amide bonds. The first-order chi connectivity index (χ1) is 15.1. The maximum absolute atomic E-state index is 13.4. The van der Waals surface area contributed by atoms with Crippen molar-refractivity contribution in [3.05, 3.63) is 41.0 Å². The molecule has 1 aromatic heterocycles. The van der Waals surface area contributed by atoms with Gasteiger partial charge in [-0.1, -0.05) is 58.9 Å². The highest BCUT2D eigenvalue weighted by Gasteiger charge is 2.41. The van der Waals surface area contributed by atoms with Crippen molar-refractivity contribution in [2.75, 3.05) is 6.54 Å². The lowest BCUT2D eigenvalue weighted by molar-refractivity contribution is -0.142. The molecule has 2 N–H and O–H groups in total. The van der Waals surface area contributed by atoms with E-state index in [2.05, 4.69) is 48.5 Å². The lowest BCUT2D eigenvalue weighted by Crippen LogP contribution is -2.57. The average molecular weight is 457 g/mol. The first kappa shape index (κ1) is 24.4. The molecule has 1 aliphatic heterocycles. The van der Waals surface area contributed by atoms with E-state index in [9.17, 15) is 9.59 Å². The van der Waals surface area contributed by atoms with Crippen LogP contribution < -0.4 is 10.6 Å². The van der Waals surface area contributed by atoms with Crippen LogP contribution in [-0.2, 0) is 16.1 Å². The summed E-state index contributed by atoms with van der Waals surface area (Å²) in [5.41, 5.74) is 4.83. The SMILES string of the molecule is Cc1ncsc1-c1ccc(CNC(=O)[C@@H]2CCCN2C(=O)[C@@H](NC(C)C)C(C)(C)C)cc1. The standard InChI is InChI=1S/C25H36N4O2S/c1-16(2)28-22(25(4,5)6)24(31)29-13-7-8-20(29)23(30)26-14-18-9-11-19(12-10-18)21-17(3)27-15-32-21/h9-12,15-16,20,22,28H,7-8,13-14H2,1-6H3,(H,26,30)/t20-,22+/m0/s1. The highest BCUT2D eigenvalue weighted by atomic mass is 32.1. The summed E-state index contributed by atoms with van der Waals surface area (Å²) in [4.78, 5) is 33.6. The van der Waals surface area contributed by atoms with Crippen LogP contribution in [0.2, 0.25) is 0 Å². The number of thiazole rings is 1. The first-order valence-corrected chi connectivity index (χ1v) is 12.3. The molecule has 1 fully saturated rings. The first-order valence-electron chi connectivity index (χ1n) is 11.4. The molecule has 1 aromatic carbocycles. The van der Waals surface area contributed by atoms with Crippen molar-refractivity contribution in [1.82, 2.24) is 20.5 Å². The zero-order valence-corrected chi connectivity index (χ0v) is 20.9. The van der Waals surface area contributed by atoms with E-state index in [-0.39, 0.29) is 29.3 Å². The third-order valence-corrected chi connectivity index (χ3v) is 6.86. The zero-order valence-electron chi connectivity index (χ0n) is 20.1. The molecule has 0 radical (unpaired) electrons. The van der Waals surface area contributed by atoms with Crippen molar-refractivity contribution in [2.45, 2.75) is 79.1 Å². The Hall–Kier alpha value is -2.25. The van der Waals surface area contributed by atoms with Gasteiger partial charge in [-0.15, -0.1) is 11.3 Å². The summed E-state index contributed by atoms with van der Waals surface area (Å²) in [6.07, 6.45) is 1.56. The minimum Gasteiger partial charge on any atom is -0.350 e. The molecule has 2 aromatic rings. The second-order valence-corrected chi connectivity index (χ2v) is 10.8. The van der Waals surface area contributed by atoms with Gasteiger partial charge >= 0.3 is 0 Å². The summed E-state index contributed by atoms with van der Waals surface area (Å²) < 4.78 is 0. The zero-order chi connectivity index (χ0) is 23.5. The number of rotatable bonds is 7. The van der Waals surface area contributed by atoms with Crippen molar-refractivity contribution < 1.29 is 9.59 Å². The number of nitrogens with zero attached hydrogens (tertiary/aromatic N) is 2. The van der Waals surface area contributed by atoms with Crippen LogP contribution in [0.25, 0.3) is 10.4 Å². The fraction of sp³-hybridized carbons (Fsp3) is 0.560. The van der Waals surface area contributed by atoms with E-state index in [1.165, 1.54) is 4.88 Å². The molecule has 1 aliphatic rings. The van der Waals surface area contributed by atoms with Crippen LogP contribution in [0.5, 0.6) is 0 Å². The number of amides is 2. The van der Waals surface area contributed by atoms with E-state index < -0.39 is 6.04 Å². The molecular weight excluding hydrogens is 420 g/mol. The van der Waals surface area contributed by atoms with Gasteiger partial charge in [-0.25, -0.2) is 4.98 Å². The highest BCUT2D eigenvalue weighted by Crippen LogP contribution is 2.28. The van der Waals surface area contributed by atoms with E-state index in [0.29, 0.717) is 19.5 Å². The lowest BCUT2D eigenvalue weighted by atomic mass is 9.85. The van der Waals surface area contributed by atoms with Gasteiger partial charge in [0.15, 0.2) is 0 Å². The Morgan fingerprint density at radius 1 is 1.22 bits per heavy atom. The summed E-state index contributed by atoms with van der Waals surface area (Å²) >= 11 is 1.63. The van der Waals surface area contributed by atoms with Crippen molar-refractivity contribution in [1.29, 1.82) is 0 Å². The van der Waals surface area contributed by atoms with Crippen LogP contribution in [0, 0.1) is 12.3 Å². The minimum atomic E-state index is -0.402. The smallest absolute Gasteiger partial charge is 0.243 e. The molecule has 0 unspecified atom stereocenters. The summed E-state index contributed by atoms with van der Waals surface area (Å²) in [6, 6.07) is 7.68. The molecule has 6 nitrogen and oxygen atoms in total. The van der Waals surface area contributed by atoms with E-state index in [4.69, 9.17) is 0 Å². The topological polar surface area (TPSA) is 74.3 Å². The van der Waals surface area contributed by atoms with Gasteiger partial charge < -0.3 is 15.5 Å². The van der Waals surface area contributed by atoms with Gasteiger partial charge in [-0.2, -0.15) is 0 Å². The van der Waals surface area contributed by atoms with Gasteiger partial charge in [0.1, 0.15) is 6.04 Å². The fourth-order valence-corrected chi connectivity index (χ4v) is 4.97. The van der Waals surface area contributed by atoms with E-state index >= 15 is 0 Å². The number of benzene rings is 1. The molecule has 3 rings (SSSR count). The van der Waals surface area contributed by atoms with Crippen LogP contribution in [0.3, 0.4) is 0 Å². The summed E-state index contributed by atoms with van der Waals surface area (Å²) in [5, 5.41) is 6.45. The molecule has 174 valence electrons. The van der Waals surface area contributed by atoms with Crippen molar-refractivity contribution >= 4 is 23.2 Å². The van der Waals surface area contributed by atoms with E-state index in [0.717, 1.165) is 23.2 Å². The monoisotopic (exact) mass is 456 g/mol. The molecular formula is C25H36N4O2S. The number of hydrogen-bond acceptors (Lipinski definition) is 5. The van der Waals surface area contributed by atoms with Gasteiger partial charge in [0.05, 0.1) is 22.1 Å². The van der Waals surface area contributed by atoms with Crippen molar-refractivity contribution in [3.8, 4) is 10.4 Å². The number of carbonyl (C=O) groups excluding carboxylic acids is 2. The van der Waals surface area contributed by atoms with Crippen LogP contribution >= 0.6 is 11.3 Å². The number of likely N-dealkylation sites (tertiary alicyclic amines) is 1. The van der Waals surface area contributed by atoms with Gasteiger partial charge in [0.2, 0.25) is 11.8 Å². The number of nitrogens with one attached hydrogen (secondary N) is 2.